The average Bonchev–Trinajstić information content (AvgIpc) is 2.77. The summed E-state index contributed by atoms with van der Waals surface area (Å²) in [5.41, 5.74) is 0.620. The van der Waals surface area contributed by atoms with E-state index in [0.717, 1.165) is 9.35 Å². The molecule has 1 heterocycles. The second-order valence-electron chi connectivity index (χ2n) is 3.82. The maximum absolute atomic E-state index is 12.0. The number of para-hydroxylation sites is 1. The van der Waals surface area contributed by atoms with Gasteiger partial charge in [-0.15, -0.1) is 10.2 Å². The van der Waals surface area contributed by atoms with Crippen LogP contribution in [0.1, 0.15) is 11.9 Å². The minimum atomic E-state index is -0.261. The van der Waals surface area contributed by atoms with Gasteiger partial charge in [0.2, 0.25) is 5.91 Å². The maximum atomic E-state index is 12.0. The number of aromatic nitrogens is 2. The van der Waals surface area contributed by atoms with Crippen molar-refractivity contribution < 1.29 is 4.79 Å². The Morgan fingerprint density at radius 2 is 2.16 bits per heavy atom. The molecule has 7 heteroatoms. The fraction of sp³-hybridized carbons (Fsp3) is 0.250. The third kappa shape index (κ3) is 3.92. The molecule has 0 aliphatic heterocycles. The zero-order chi connectivity index (χ0) is 13.8. The summed E-state index contributed by atoms with van der Waals surface area (Å²) in [5, 5.41) is 11.9. The third-order valence-electron chi connectivity index (χ3n) is 2.29. The largest absolute Gasteiger partial charge is 0.324 e. The van der Waals surface area contributed by atoms with Gasteiger partial charge in [0.15, 0.2) is 4.34 Å². The molecule has 1 amide bonds. The quantitative estimate of drug-likeness (QED) is 0.876. The fourth-order valence-electron chi connectivity index (χ4n) is 1.33. The van der Waals surface area contributed by atoms with Crippen molar-refractivity contribution in [1.29, 1.82) is 0 Å². The predicted molar refractivity (Wildman–Crippen MR) is 80.0 cm³/mol. The Labute approximate surface area is 124 Å². The Morgan fingerprint density at radius 3 is 2.79 bits per heavy atom. The molecule has 2 aromatic rings. The standard InChI is InChI=1S/C12H12ClN3OS2/c1-7(18-12-16-15-8(2)19-12)11(17)14-10-6-4-3-5-9(10)13/h3-7H,1-2H3,(H,14,17). The highest BCUT2D eigenvalue weighted by molar-refractivity contribution is 8.02. The molecule has 0 bridgehead atoms. The second kappa shape index (κ2) is 6.36. The molecule has 0 aliphatic carbocycles. The van der Waals surface area contributed by atoms with Gasteiger partial charge in [-0.05, 0) is 26.0 Å². The summed E-state index contributed by atoms with van der Waals surface area (Å²) < 4.78 is 0.791. The normalized spacial score (nSPS) is 12.2. The van der Waals surface area contributed by atoms with Crippen LogP contribution < -0.4 is 5.32 Å². The molecular weight excluding hydrogens is 302 g/mol. The second-order valence-corrected chi connectivity index (χ2v) is 6.99. The van der Waals surface area contributed by atoms with Gasteiger partial charge >= 0.3 is 0 Å². The van der Waals surface area contributed by atoms with Crippen LogP contribution in [0.15, 0.2) is 28.6 Å². The van der Waals surface area contributed by atoms with Gasteiger partial charge in [0.1, 0.15) is 5.01 Å². The molecule has 100 valence electrons. The first kappa shape index (κ1) is 14.3. The SMILES string of the molecule is Cc1nnc(SC(C)C(=O)Nc2ccccc2Cl)s1. The fourth-order valence-corrected chi connectivity index (χ4v) is 3.47. The Bertz CT molecular complexity index is 588. The number of carbonyl (C=O) groups is 1. The van der Waals surface area contributed by atoms with Crippen LogP contribution in [0.2, 0.25) is 5.02 Å². The molecule has 0 fully saturated rings. The molecule has 4 nitrogen and oxygen atoms in total. The molecule has 19 heavy (non-hydrogen) atoms. The van der Waals surface area contributed by atoms with Crippen LogP contribution in [0, 0.1) is 6.92 Å². The first-order valence-corrected chi connectivity index (χ1v) is 7.66. The minimum Gasteiger partial charge on any atom is -0.324 e. The molecule has 0 aliphatic rings. The molecule has 0 spiro atoms. The number of aryl methyl sites for hydroxylation is 1. The Hall–Kier alpha value is -1.11. The van der Waals surface area contributed by atoms with Crippen molar-refractivity contribution in [3.05, 3.63) is 34.3 Å². The van der Waals surface area contributed by atoms with Crippen LogP contribution in [0.3, 0.4) is 0 Å². The summed E-state index contributed by atoms with van der Waals surface area (Å²) in [4.78, 5) is 12.0. The summed E-state index contributed by atoms with van der Waals surface area (Å²) >= 11 is 8.86. The smallest absolute Gasteiger partial charge is 0.237 e. The average molecular weight is 314 g/mol. The molecule has 0 radical (unpaired) electrons. The van der Waals surface area contributed by atoms with E-state index in [2.05, 4.69) is 15.5 Å². The van der Waals surface area contributed by atoms with E-state index in [4.69, 9.17) is 11.6 Å². The first-order valence-electron chi connectivity index (χ1n) is 5.58. The number of rotatable bonds is 4. The number of hydrogen-bond acceptors (Lipinski definition) is 5. The van der Waals surface area contributed by atoms with Crippen molar-refractivity contribution in [2.45, 2.75) is 23.4 Å². The van der Waals surface area contributed by atoms with E-state index in [-0.39, 0.29) is 11.2 Å². The van der Waals surface area contributed by atoms with Crippen LogP contribution in [-0.2, 0) is 4.79 Å². The minimum absolute atomic E-state index is 0.106. The highest BCUT2D eigenvalue weighted by Crippen LogP contribution is 2.28. The van der Waals surface area contributed by atoms with E-state index in [0.29, 0.717) is 10.7 Å². The van der Waals surface area contributed by atoms with Crippen molar-refractivity contribution in [1.82, 2.24) is 10.2 Å². The van der Waals surface area contributed by atoms with Gasteiger partial charge in [0.05, 0.1) is 16.0 Å². The summed E-state index contributed by atoms with van der Waals surface area (Å²) in [7, 11) is 0. The van der Waals surface area contributed by atoms with Gasteiger partial charge in [-0.3, -0.25) is 4.79 Å². The summed E-state index contributed by atoms with van der Waals surface area (Å²) in [6.07, 6.45) is 0. The van der Waals surface area contributed by atoms with Crippen molar-refractivity contribution in [3.63, 3.8) is 0 Å². The van der Waals surface area contributed by atoms with Gasteiger partial charge in [0.25, 0.3) is 0 Å². The number of benzene rings is 1. The topological polar surface area (TPSA) is 54.9 Å². The number of anilines is 1. The Morgan fingerprint density at radius 1 is 1.42 bits per heavy atom. The van der Waals surface area contributed by atoms with Crippen molar-refractivity contribution >= 4 is 46.3 Å². The molecule has 1 unspecified atom stereocenters. The summed E-state index contributed by atoms with van der Waals surface area (Å²) in [6.45, 7) is 3.71. The number of amides is 1. The van der Waals surface area contributed by atoms with Crippen molar-refractivity contribution in [3.8, 4) is 0 Å². The third-order valence-corrected chi connectivity index (χ3v) is 4.64. The lowest BCUT2D eigenvalue weighted by Crippen LogP contribution is -2.22. The lowest BCUT2D eigenvalue weighted by atomic mass is 10.3. The lowest BCUT2D eigenvalue weighted by molar-refractivity contribution is -0.115. The van der Waals surface area contributed by atoms with E-state index >= 15 is 0 Å². The van der Waals surface area contributed by atoms with Crippen LogP contribution in [0.5, 0.6) is 0 Å². The van der Waals surface area contributed by atoms with Gasteiger partial charge in [-0.2, -0.15) is 0 Å². The molecule has 0 saturated carbocycles. The van der Waals surface area contributed by atoms with Gasteiger partial charge in [0, 0.05) is 0 Å². The number of thioether (sulfide) groups is 1. The first-order chi connectivity index (χ1) is 9.06. The highest BCUT2D eigenvalue weighted by Gasteiger charge is 2.17. The molecule has 0 saturated heterocycles. The van der Waals surface area contributed by atoms with E-state index < -0.39 is 0 Å². The summed E-state index contributed by atoms with van der Waals surface area (Å²) in [6, 6.07) is 7.16. The number of hydrogen-bond donors (Lipinski definition) is 1. The Kier molecular flexibility index (Phi) is 4.79. The number of halogens is 1. The van der Waals surface area contributed by atoms with Gasteiger partial charge < -0.3 is 5.32 Å². The number of carbonyl (C=O) groups excluding carboxylic acids is 1. The van der Waals surface area contributed by atoms with E-state index in [9.17, 15) is 4.79 Å². The highest BCUT2D eigenvalue weighted by atomic mass is 35.5. The van der Waals surface area contributed by atoms with Crippen molar-refractivity contribution in [2.75, 3.05) is 5.32 Å². The van der Waals surface area contributed by atoms with E-state index in [1.165, 1.54) is 23.1 Å². The van der Waals surface area contributed by atoms with E-state index in [1.807, 2.05) is 26.0 Å². The molecule has 1 atom stereocenters. The van der Waals surface area contributed by atoms with Crippen molar-refractivity contribution in [2.24, 2.45) is 0 Å². The van der Waals surface area contributed by atoms with Crippen LogP contribution in [-0.4, -0.2) is 21.4 Å². The predicted octanol–water partition coefficient (Wildman–Crippen LogP) is 3.62. The lowest BCUT2D eigenvalue weighted by Gasteiger charge is -2.11. The van der Waals surface area contributed by atoms with Crippen LogP contribution in [0.25, 0.3) is 0 Å². The molecular formula is C12H12ClN3OS2. The molecule has 1 aromatic carbocycles. The molecule has 1 aromatic heterocycles. The van der Waals surface area contributed by atoms with Crippen LogP contribution in [0.4, 0.5) is 5.69 Å². The van der Waals surface area contributed by atoms with Gasteiger partial charge in [-0.1, -0.05) is 46.8 Å². The molecule has 2 rings (SSSR count). The zero-order valence-corrected chi connectivity index (χ0v) is 12.8. The number of nitrogens with zero attached hydrogens (tertiary/aromatic N) is 2. The zero-order valence-electron chi connectivity index (χ0n) is 10.4. The van der Waals surface area contributed by atoms with E-state index in [1.54, 1.807) is 12.1 Å². The maximum Gasteiger partial charge on any atom is 0.237 e. The monoisotopic (exact) mass is 313 g/mol. The van der Waals surface area contributed by atoms with Crippen LogP contribution >= 0.6 is 34.7 Å². The van der Waals surface area contributed by atoms with Gasteiger partial charge in [-0.25, -0.2) is 0 Å². The number of nitrogens with one attached hydrogen (secondary N) is 1. The Balaban J connectivity index is 1.98. The summed E-state index contributed by atoms with van der Waals surface area (Å²) in [5.74, 6) is -0.106. The molecule has 1 N–H and O–H groups in total.